The minimum Gasteiger partial charge on any atom is -0.391 e. The maximum absolute atomic E-state index is 11.7. The number of rotatable bonds is 8. The van der Waals surface area contributed by atoms with Gasteiger partial charge in [0.15, 0.2) is 0 Å². The van der Waals surface area contributed by atoms with E-state index in [4.69, 9.17) is 0 Å². The van der Waals surface area contributed by atoms with Crippen molar-refractivity contribution >= 4 is 40.1 Å². The van der Waals surface area contributed by atoms with Crippen LogP contribution in [0.2, 0.25) is 0 Å². The van der Waals surface area contributed by atoms with Gasteiger partial charge in [-0.05, 0) is 47.9 Å². The van der Waals surface area contributed by atoms with Gasteiger partial charge in [0.1, 0.15) is 0 Å². The number of aliphatic hydroxyl groups is 4. The Morgan fingerprint density at radius 2 is 0.522 bits per heavy atom. The van der Waals surface area contributed by atoms with Crippen LogP contribution in [0, 0.1) is 23.7 Å². The maximum Gasteiger partial charge on any atom is 0.211 e. The van der Waals surface area contributed by atoms with Crippen LogP contribution in [0.25, 0.3) is 45.0 Å². The lowest BCUT2D eigenvalue weighted by atomic mass is 9.84. The maximum atomic E-state index is 11.7. The van der Waals surface area contributed by atoms with E-state index in [0.29, 0.717) is 51.9 Å². The van der Waals surface area contributed by atoms with Crippen molar-refractivity contribution in [2.24, 2.45) is 23.7 Å². The molecular formula is C64H76N12O12S4. The summed E-state index contributed by atoms with van der Waals surface area (Å²) in [5, 5.41) is 42.4. The topological polar surface area (TPSA) is 302 Å². The van der Waals surface area contributed by atoms with Crippen LogP contribution in [0.15, 0.2) is 147 Å². The normalized spacial score (nSPS) is 27.7. The lowest BCUT2D eigenvalue weighted by Gasteiger charge is -2.38. The van der Waals surface area contributed by atoms with Crippen molar-refractivity contribution < 1.29 is 54.1 Å². The monoisotopic (exact) mass is 1330 g/mol. The average Bonchev–Trinajstić information content (AvgIpc) is 1.61. The van der Waals surface area contributed by atoms with Crippen LogP contribution < -0.4 is 0 Å². The third kappa shape index (κ3) is 11.9. The van der Waals surface area contributed by atoms with E-state index < -0.39 is 64.5 Å². The number of sulfonamides is 4. The van der Waals surface area contributed by atoms with E-state index in [1.807, 2.05) is 73.3 Å². The Morgan fingerprint density at radius 1 is 0.326 bits per heavy atom. The van der Waals surface area contributed by atoms with Crippen molar-refractivity contribution in [1.82, 2.24) is 55.4 Å². The van der Waals surface area contributed by atoms with Crippen LogP contribution in [0.4, 0.5) is 0 Å². The van der Waals surface area contributed by atoms with Crippen LogP contribution >= 0.6 is 0 Å². The van der Waals surface area contributed by atoms with Crippen molar-refractivity contribution in [3.63, 3.8) is 0 Å². The molecule has 8 aromatic rings. The number of piperidine rings is 4. The zero-order chi connectivity index (χ0) is 64.8. The van der Waals surface area contributed by atoms with E-state index in [9.17, 15) is 54.1 Å². The molecule has 28 heteroatoms. The summed E-state index contributed by atoms with van der Waals surface area (Å²) < 4.78 is 108. The molecule has 488 valence electrons. The third-order valence-electron chi connectivity index (χ3n) is 20.0. The van der Waals surface area contributed by atoms with Gasteiger partial charge in [0.05, 0.1) is 146 Å². The van der Waals surface area contributed by atoms with E-state index in [2.05, 4.69) is 86.7 Å². The van der Waals surface area contributed by atoms with Gasteiger partial charge in [-0.25, -0.2) is 53.6 Å². The van der Waals surface area contributed by atoms with Gasteiger partial charge < -0.3 is 38.7 Å². The number of imidazole rings is 4. The molecular weight excluding hydrogens is 1260 g/mol. The van der Waals surface area contributed by atoms with Crippen molar-refractivity contribution in [3.05, 3.63) is 169 Å². The molecule has 0 bridgehead atoms. The Bertz CT molecular complexity index is 3950. The Kier molecular flexibility index (Phi) is 17.3. The molecule has 0 spiro atoms. The van der Waals surface area contributed by atoms with Gasteiger partial charge in [0.25, 0.3) is 0 Å². The highest BCUT2D eigenvalue weighted by Crippen LogP contribution is 2.50. The van der Waals surface area contributed by atoms with E-state index in [1.54, 1.807) is 25.3 Å². The van der Waals surface area contributed by atoms with Crippen molar-refractivity contribution in [2.45, 2.75) is 74.3 Å². The minimum atomic E-state index is -3.26. The van der Waals surface area contributed by atoms with E-state index in [-0.39, 0.29) is 74.0 Å². The first-order valence-electron chi connectivity index (χ1n) is 30.8. The molecule has 0 radical (unpaired) electrons. The van der Waals surface area contributed by atoms with Gasteiger partial charge in [0, 0.05) is 98.3 Å². The number of nitrogens with zero attached hydrogens (tertiary/aromatic N) is 12. The molecule has 0 saturated carbocycles. The Morgan fingerprint density at radius 3 is 0.707 bits per heavy atom. The summed E-state index contributed by atoms with van der Waals surface area (Å²) in [6, 6.07) is 32.7. The molecule has 12 heterocycles. The van der Waals surface area contributed by atoms with Crippen LogP contribution in [0.3, 0.4) is 0 Å². The number of fused-ring (bicyclic) bond motifs is 12. The van der Waals surface area contributed by atoms with E-state index >= 15 is 0 Å². The summed E-state index contributed by atoms with van der Waals surface area (Å²) in [7, 11) is -13.0. The fourth-order valence-corrected chi connectivity index (χ4v) is 19.0. The number of aromatic nitrogens is 8. The Balaban J connectivity index is 0.000000112. The molecule has 4 fully saturated rings. The molecule has 8 aliphatic heterocycles. The second-order valence-electron chi connectivity index (χ2n) is 25.4. The quantitative estimate of drug-likeness (QED) is 0.164. The summed E-state index contributed by atoms with van der Waals surface area (Å²) in [6.45, 7) is 2.43. The number of β-amino-alcohol motifs (C(OH)–C–C–N with tert-alkyl or cyclic N) is 4. The first-order chi connectivity index (χ1) is 43.9. The second kappa shape index (κ2) is 24.8. The zero-order valence-electron chi connectivity index (χ0n) is 51.3. The lowest BCUT2D eigenvalue weighted by molar-refractivity contribution is 0.0344. The van der Waals surface area contributed by atoms with Crippen molar-refractivity contribution in [2.75, 3.05) is 77.4 Å². The van der Waals surface area contributed by atoms with E-state index in [1.165, 1.54) is 64.5 Å². The second-order valence-corrected chi connectivity index (χ2v) is 33.4. The standard InChI is InChI=1S/4C16H19N3O3S/c4*1-23(21,22)18-7-6-13(15(20)9-18)16-12-5-3-2-4-11(12)14-8-17-10-19(14)16/h4*2-5,8,10,13,15-16,20H,6-7,9H2,1H3/t2*13-,15-,16+;2*13-,15-,16-/m1010/s1. The molecule has 12 atom stereocenters. The highest BCUT2D eigenvalue weighted by Gasteiger charge is 2.46. The molecule has 16 rings (SSSR count). The predicted molar refractivity (Wildman–Crippen MR) is 345 cm³/mol. The number of aliphatic hydroxyl groups excluding tert-OH is 4. The first kappa shape index (κ1) is 63.9. The zero-order valence-corrected chi connectivity index (χ0v) is 54.6. The Labute approximate surface area is 536 Å². The predicted octanol–water partition coefficient (Wildman–Crippen LogP) is 4.38. The minimum absolute atomic E-state index is 0.0143. The molecule has 4 aromatic heterocycles. The molecule has 0 unspecified atom stereocenters. The molecule has 4 saturated heterocycles. The highest BCUT2D eigenvalue weighted by molar-refractivity contribution is 7.89. The van der Waals surface area contributed by atoms with Crippen molar-refractivity contribution in [1.29, 1.82) is 0 Å². The van der Waals surface area contributed by atoms with Gasteiger partial charge in [-0.2, -0.15) is 17.2 Å². The SMILES string of the molecule is CS(=O)(=O)N1CC[C@@H]([C@@H]2c3ccccc3-c3cncn32)[C@H](O)C1.CS(=O)(=O)N1CC[C@@H]([C@H]2c3ccccc3-c3cncn32)[C@H](O)C1.CS(=O)(=O)N1CC[C@H]([C@@H]2c3ccccc3-c3cncn32)[C@@H](O)C1.CS(=O)(=O)N1CC[C@H]([C@H]2c3ccccc3-c3cncn32)[C@@H](O)C1. The molecule has 4 aromatic carbocycles. The Hall–Kier alpha value is -6.80. The fraction of sp³-hybridized carbons (Fsp3) is 0.438. The largest absolute Gasteiger partial charge is 0.391 e. The van der Waals surface area contributed by atoms with Crippen LogP contribution in [0.1, 0.15) is 72.1 Å². The van der Waals surface area contributed by atoms with Crippen LogP contribution in [0.5, 0.6) is 0 Å². The van der Waals surface area contributed by atoms with Gasteiger partial charge in [-0.1, -0.05) is 97.1 Å². The third-order valence-corrected chi connectivity index (χ3v) is 25.0. The fourth-order valence-electron chi connectivity index (χ4n) is 15.6. The summed E-state index contributed by atoms with van der Waals surface area (Å²) >= 11 is 0. The highest BCUT2D eigenvalue weighted by atomic mass is 32.2. The first-order valence-corrected chi connectivity index (χ1v) is 38.2. The molecule has 8 aliphatic rings. The molecule has 4 N–H and O–H groups in total. The lowest BCUT2D eigenvalue weighted by Crippen LogP contribution is -2.48. The van der Waals surface area contributed by atoms with Crippen LogP contribution in [-0.4, -0.2) is 211 Å². The summed E-state index contributed by atoms with van der Waals surface area (Å²) in [6.07, 6.45) is 19.1. The number of hydrogen-bond donors (Lipinski definition) is 4. The summed E-state index contributed by atoms with van der Waals surface area (Å²) in [5.74, 6) is -0.0941. The summed E-state index contributed by atoms with van der Waals surface area (Å²) in [5.41, 5.74) is 13.5. The smallest absolute Gasteiger partial charge is 0.211 e. The average molecular weight is 1330 g/mol. The van der Waals surface area contributed by atoms with Gasteiger partial charge in [-0.15, -0.1) is 0 Å². The number of hydrogen-bond acceptors (Lipinski definition) is 16. The summed E-state index contributed by atoms with van der Waals surface area (Å²) in [4.78, 5) is 17.0. The van der Waals surface area contributed by atoms with Gasteiger partial charge in [-0.3, -0.25) is 0 Å². The van der Waals surface area contributed by atoms with Gasteiger partial charge >= 0.3 is 0 Å². The number of benzene rings is 4. The van der Waals surface area contributed by atoms with E-state index in [0.717, 1.165) is 45.0 Å². The van der Waals surface area contributed by atoms with Crippen molar-refractivity contribution in [3.8, 4) is 45.0 Å². The van der Waals surface area contributed by atoms with Crippen LogP contribution in [-0.2, 0) is 40.1 Å². The van der Waals surface area contributed by atoms with Gasteiger partial charge in [0.2, 0.25) is 40.1 Å². The molecule has 92 heavy (non-hydrogen) atoms. The molecule has 0 amide bonds. The molecule has 24 nitrogen and oxygen atoms in total. The molecule has 0 aliphatic carbocycles.